The van der Waals surface area contributed by atoms with Crippen molar-refractivity contribution in [3.63, 3.8) is 0 Å². The first-order valence-electron chi connectivity index (χ1n) is 5.25. The van der Waals surface area contributed by atoms with E-state index in [1.54, 1.807) is 19.1 Å². The van der Waals surface area contributed by atoms with E-state index in [4.69, 9.17) is 5.73 Å². The minimum atomic E-state index is -0.626. The molecular formula is C12H17FN2O. The highest BCUT2D eigenvalue weighted by Crippen LogP contribution is 2.19. The van der Waals surface area contributed by atoms with Gasteiger partial charge in [0.1, 0.15) is 5.82 Å². The number of nitrogens with two attached hydrogens (primary N) is 1. The Labute approximate surface area is 94.8 Å². The molecular weight excluding hydrogens is 207 g/mol. The minimum Gasteiger partial charge on any atom is -0.322 e. The van der Waals surface area contributed by atoms with E-state index in [2.05, 4.69) is 5.32 Å². The molecule has 0 fully saturated rings. The number of hydrogen-bond acceptors (Lipinski definition) is 2. The number of carbonyl (C=O) groups is 1. The number of halogens is 1. The maximum atomic E-state index is 13.4. The van der Waals surface area contributed by atoms with Crippen LogP contribution >= 0.6 is 0 Å². The van der Waals surface area contributed by atoms with Crippen LogP contribution in [0, 0.1) is 18.7 Å². The van der Waals surface area contributed by atoms with Crippen molar-refractivity contribution in [2.24, 2.45) is 11.7 Å². The molecule has 0 aliphatic rings. The third-order valence-electron chi connectivity index (χ3n) is 2.49. The second-order valence-corrected chi connectivity index (χ2v) is 4.19. The van der Waals surface area contributed by atoms with E-state index >= 15 is 0 Å². The normalized spacial score (nSPS) is 12.6. The number of nitrogens with one attached hydrogen (secondary N) is 1. The van der Waals surface area contributed by atoms with E-state index in [0.717, 1.165) is 0 Å². The predicted molar refractivity (Wildman–Crippen MR) is 62.6 cm³/mol. The lowest BCUT2D eigenvalue weighted by Gasteiger charge is -2.16. The topological polar surface area (TPSA) is 55.1 Å². The van der Waals surface area contributed by atoms with Crippen molar-refractivity contribution in [1.29, 1.82) is 0 Å². The Morgan fingerprint density at radius 2 is 2.06 bits per heavy atom. The van der Waals surface area contributed by atoms with Crippen LogP contribution in [0.1, 0.15) is 19.4 Å². The Morgan fingerprint density at radius 3 is 2.56 bits per heavy atom. The standard InChI is InChI=1S/C12H17FN2O/c1-7(2)10(14)12(16)15-11-8(3)5-4-6-9(11)13/h4-7,10H,14H2,1-3H3,(H,15,16). The van der Waals surface area contributed by atoms with Crippen molar-refractivity contribution in [3.05, 3.63) is 29.6 Å². The van der Waals surface area contributed by atoms with Gasteiger partial charge in [-0.1, -0.05) is 26.0 Å². The van der Waals surface area contributed by atoms with E-state index in [0.29, 0.717) is 5.56 Å². The average Bonchev–Trinajstić information content (AvgIpc) is 2.22. The van der Waals surface area contributed by atoms with E-state index in [-0.39, 0.29) is 17.5 Å². The minimum absolute atomic E-state index is 0.0204. The Bertz CT molecular complexity index is 370. The molecule has 1 atom stereocenters. The van der Waals surface area contributed by atoms with Crippen LogP contribution in [0.15, 0.2) is 18.2 Å². The van der Waals surface area contributed by atoms with Gasteiger partial charge >= 0.3 is 0 Å². The van der Waals surface area contributed by atoms with Crippen molar-refractivity contribution >= 4 is 11.6 Å². The molecule has 1 aromatic rings. The third-order valence-corrected chi connectivity index (χ3v) is 2.49. The molecule has 88 valence electrons. The fourth-order valence-corrected chi connectivity index (χ4v) is 1.30. The molecule has 0 heterocycles. The summed E-state index contributed by atoms with van der Waals surface area (Å²) in [5, 5.41) is 2.52. The Morgan fingerprint density at radius 1 is 1.44 bits per heavy atom. The average molecular weight is 224 g/mol. The number of aryl methyl sites for hydroxylation is 1. The molecule has 3 N–H and O–H groups in total. The Kier molecular flexibility index (Phi) is 4.01. The van der Waals surface area contributed by atoms with Crippen molar-refractivity contribution in [2.75, 3.05) is 5.32 Å². The highest BCUT2D eigenvalue weighted by molar-refractivity contribution is 5.95. The van der Waals surface area contributed by atoms with Gasteiger partial charge in [-0.25, -0.2) is 4.39 Å². The lowest BCUT2D eigenvalue weighted by atomic mass is 10.0. The predicted octanol–water partition coefficient (Wildman–Crippen LogP) is 2.06. The SMILES string of the molecule is Cc1cccc(F)c1NC(=O)C(N)C(C)C. The van der Waals surface area contributed by atoms with Crippen LogP contribution in [0.3, 0.4) is 0 Å². The molecule has 0 spiro atoms. The summed E-state index contributed by atoms with van der Waals surface area (Å²) in [5.41, 5.74) is 6.57. The third kappa shape index (κ3) is 2.79. The summed E-state index contributed by atoms with van der Waals surface area (Å²) in [4.78, 5) is 11.7. The van der Waals surface area contributed by atoms with Gasteiger partial charge in [-0.3, -0.25) is 4.79 Å². The van der Waals surface area contributed by atoms with E-state index in [1.807, 2.05) is 13.8 Å². The molecule has 1 rings (SSSR count). The number of rotatable bonds is 3. The maximum Gasteiger partial charge on any atom is 0.241 e. The number of para-hydroxylation sites is 1. The first-order valence-corrected chi connectivity index (χ1v) is 5.25. The molecule has 0 aliphatic carbocycles. The molecule has 0 saturated heterocycles. The summed E-state index contributed by atoms with van der Waals surface area (Å²) in [5.74, 6) is -0.778. The van der Waals surface area contributed by atoms with Crippen LogP contribution in [0.5, 0.6) is 0 Å². The molecule has 0 aliphatic heterocycles. The fourth-order valence-electron chi connectivity index (χ4n) is 1.30. The fraction of sp³-hybridized carbons (Fsp3) is 0.417. The van der Waals surface area contributed by atoms with E-state index in [1.165, 1.54) is 6.07 Å². The van der Waals surface area contributed by atoms with Gasteiger partial charge in [0.05, 0.1) is 11.7 Å². The monoisotopic (exact) mass is 224 g/mol. The van der Waals surface area contributed by atoms with Crippen molar-refractivity contribution in [2.45, 2.75) is 26.8 Å². The summed E-state index contributed by atoms with van der Waals surface area (Å²) in [7, 11) is 0. The lowest BCUT2D eigenvalue weighted by Crippen LogP contribution is -2.40. The van der Waals surface area contributed by atoms with Crippen LogP contribution < -0.4 is 11.1 Å². The number of anilines is 1. The van der Waals surface area contributed by atoms with Crippen molar-refractivity contribution < 1.29 is 9.18 Å². The smallest absolute Gasteiger partial charge is 0.241 e. The highest BCUT2D eigenvalue weighted by atomic mass is 19.1. The maximum absolute atomic E-state index is 13.4. The summed E-state index contributed by atoms with van der Waals surface area (Å²) < 4.78 is 13.4. The molecule has 4 heteroatoms. The summed E-state index contributed by atoms with van der Waals surface area (Å²) in [6.45, 7) is 5.43. The van der Waals surface area contributed by atoms with Gasteiger partial charge in [-0.15, -0.1) is 0 Å². The number of amides is 1. The second kappa shape index (κ2) is 5.07. The van der Waals surface area contributed by atoms with Crippen LogP contribution in [-0.4, -0.2) is 11.9 Å². The number of hydrogen-bond donors (Lipinski definition) is 2. The van der Waals surface area contributed by atoms with Crippen LogP contribution in [-0.2, 0) is 4.79 Å². The molecule has 0 bridgehead atoms. The summed E-state index contributed by atoms with van der Waals surface area (Å²) >= 11 is 0. The van der Waals surface area contributed by atoms with Gasteiger partial charge < -0.3 is 11.1 Å². The van der Waals surface area contributed by atoms with E-state index < -0.39 is 11.9 Å². The largest absolute Gasteiger partial charge is 0.322 e. The van der Waals surface area contributed by atoms with Crippen LogP contribution in [0.4, 0.5) is 10.1 Å². The van der Waals surface area contributed by atoms with Gasteiger partial charge in [0, 0.05) is 0 Å². The molecule has 1 unspecified atom stereocenters. The lowest BCUT2D eigenvalue weighted by molar-refractivity contribution is -0.118. The highest BCUT2D eigenvalue weighted by Gasteiger charge is 2.19. The van der Waals surface area contributed by atoms with Crippen LogP contribution in [0.25, 0.3) is 0 Å². The Balaban J connectivity index is 2.85. The quantitative estimate of drug-likeness (QED) is 0.825. The zero-order chi connectivity index (χ0) is 12.3. The van der Waals surface area contributed by atoms with Crippen molar-refractivity contribution in [3.8, 4) is 0 Å². The van der Waals surface area contributed by atoms with Gasteiger partial charge in [0.2, 0.25) is 5.91 Å². The first-order chi connectivity index (χ1) is 7.43. The van der Waals surface area contributed by atoms with Gasteiger partial charge in [-0.05, 0) is 24.5 Å². The summed E-state index contributed by atoms with van der Waals surface area (Å²) in [6.07, 6.45) is 0. The molecule has 0 aromatic heterocycles. The molecule has 0 radical (unpaired) electrons. The van der Waals surface area contributed by atoms with Crippen LogP contribution in [0.2, 0.25) is 0 Å². The first kappa shape index (κ1) is 12.6. The van der Waals surface area contributed by atoms with Crippen molar-refractivity contribution in [1.82, 2.24) is 0 Å². The number of benzene rings is 1. The molecule has 16 heavy (non-hydrogen) atoms. The molecule has 1 aromatic carbocycles. The second-order valence-electron chi connectivity index (χ2n) is 4.19. The molecule has 3 nitrogen and oxygen atoms in total. The zero-order valence-corrected chi connectivity index (χ0v) is 9.75. The van der Waals surface area contributed by atoms with Gasteiger partial charge in [0.15, 0.2) is 0 Å². The Hall–Kier alpha value is -1.42. The van der Waals surface area contributed by atoms with Gasteiger partial charge in [0.25, 0.3) is 0 Å². The van der Waals surface area contributed by atoms with E-state index in [9.17, 15) is 9.18 Å². The molecule has 1 amide bonds. The van der Waals surface area contributed by atoms with Gasteiger partial charge in [-0.2, -0.15) is 0 Å². The number of carbonyl (C=O) groups excluding carboxylic acids is 1. The molecule has 0 saturated carbocycles. The summed E-state index contributed by atoms with van der Waals surface area (Å²) in [6, 6.07) is 4.02. The zero-order valence-electron chi connectivity index (χ0n) is 9.75.